The molecule has 0 aromatic heterocycles. The van der Waals surface area contributed by atoms with E-state index >= 15 is 0 Å². The summed E-state index contributed by atoms with van der Waals surface area (Å²) in [6, 6.07) is 15.6. The summed E-state index contributed by atoms with van der Waals surface area (Å²) in [5, 5.41) is 20.4. The molecule has 0 aliphatic carbocycles. The lowest BCUT2D eigenvalue weighted by atomic mass is 10.1. The first-order valence-electron chi connectivity index (χ1n) is 7.64. The molecule has 3 N–H and O–H groups in total. The Morgan fingerprint density at radius 1 is 0.880 bits per heavy atom. The van der Waals surface area contributed by atoms with Crippen LogP contribution in [-0.2, 0) is 9.59 Å². The predicted molar refractivity (Wildman–Crippen MR) is 91.8 cm³/mol. The first kappa shape index (κ1) is 18.0. The van der Waals surface area contributed by atoms with Crippen molar-refractivity contribution in [2.24, 2.45) is 0 Å². The fraction of sp³-hybridized carbons (Fsp3) is 0.167. The monoisotopic (exact) mass is 342 g/mol. The highest BCUT2D eigenvalue weighted by atomic mass is 16.4. The van der Waals surface area contributed by atoms with Crippen LogP contribution in [0.3, 0.4) is 0 Å². The van der Waals surface area contributed by atoms with E-state index in [-0.39, 0.29) is 12.8 Å². The Kier molecular flexibility index (Phi) is 6.11. The molecule has 7 heteroatoms. The van der Waals surface area contributed by atoms with Gasteiger partial charge in [0.2, 0.25) is 0 Å². The Morgan fingerprint density at radius 2 is 1.36 bits per heavy atom. The van der Waals surface area contributed by atoms with Crippen LogP contribution in [0.25, 0.3) is 0 Å². The number of nitrogens with one attached hydrogen (secondary N) is 1. The van der Waals surface area contributed by atoms with Crippen molar-refractivity contribution in [1.29, 1.82) is 0 Å². The Bertz CT molecular complexity index is 694. The number of benzene rings is 2. The summed E-state index contributed by atoms with van der Waals surface area (Å²) in [5.41, 5.74) is 1.13. The van der Waals surface area contributed by atoms with E-state index < -0.39 is 24.0 Å². The van der Waals surface area contributed by atoms with Gasteiger partial charge in [0.15, 0.2) is 0 Å². The second-order valence-corrected chi connectivity index (χ2v) is 5.28. The van der Waals surface area contributed by atoms with Crippen LogP contribution in [-0.4, -0.2) is 34.2 Å². The summed E-state index contributed by atoms with van der Waals surface area (Å²) < 4.78 is 0. The van der Waals surface area contributed by atoms with E-state index in [1.54, 1.807) is 60.7 Å². The Balaban J connectivity index is 2.26. The molecule has 0 saturated heterocycles. The van der Waals surface area contributed by atoms with Crippen LogP contribution in [0.15, 0.2) is 60.7 Å². The van der Waals surface area contributed by atoms with Gasteiger partial charge in [0.05, 0.1) is 11.4 Å². The first-order valence-corrected chi connectivity index (χ1v) is 7.64. The number of carbonyl (C=O) groups excluding carboxylic acids is 1. The molecule has 0 heterocycles. The summed E-state index contributed by atoms with van der Waals surface area (Å²) in [6.45, 7) is 0. The smallest absolute Gasteiger partial charge is 0.327 e. The minimum atomic E-state index is -1.29. The Labute approximate surface area is 144 Å². The molecule has 25 heavy (non-hydrogen) atoms. The zero-order valence-electron chi connectivity index (χ0n) is 13.3. The zero-order chi connectivity index (χ0) is 18.2. The standard InChI is InChI=1S/C18H18N2O5/c21-16(22)12-11-15(17(23)24)19-18(25)20(13-7-3-1-4-8-13)14-9-5-2-6-10-14/h1-10,15H,11-12H2,(H,19,25)(H,21,22)(H,23,24)/t15-/m0/s1. The van der Waals surface area contributed by atoms with Crippen LogP contribution < -0.4 is 10.2 Å². The van der Waals surface area contributed by atoms with E-state index in [4.69, 9.17) is 5.11 Å². The molecule has 0 saturated carbocycles. The number of carbonyl (C=O) groups is 3. The number of amides is 2. The van der Waals surface area contributed by atoms with Crippen molar-refractivity contribution in [3.05, 3.63) is 60.7 Å². The summed E-state index contributed by atoms with van der Waals surface area (Å²) in [7, 11) is 0. The number of aliphatic carboxylic acids is 2. The summed E-state index contributed by atoms with van der Waals surface area (Å²) in [5.74, 6) is -2.40. The first-order chi connectivity index (χ1) is 12.0. The van der Waals surface area contributed by atoms with Gasteiger partial charge in [0.1, 0.15) is 6.04 Å². The average molecular weight is 342 g/mol. The van der Waals surface area contributed by atoms with Gasteiger partial charge in [0.25, 0.3) is 0 Å². The average Bonchev–Trinajstić information content (AvgIpc) is 2.60. The van der Waals surface area contributed by atoms with Gasteiger partial charge in [-0.3, -0.25) is 9.69 Å². The molecular weight excluding hydrogens is 324 g/mol. The Hall–Kier alpha value is -3.35. The molecule has 0 aliphatic heterocycles. The van der Waals surface area contributed by atoms with Gasteiger partial charge in [-0.2, -0.15) is 0 Å². The quantitative estimate of drug-likeness (QED) is 0.717. The number of carboxylic acid groups (broad SMARTS) is 2. The van der Waals surface area contributed by atoms with Gasteiger partial charge in [0, 0.05) is 6.42 Å². The highest BCUT2D eigenvalue weighted by Crippen LogP contribution is 2.25. The van der Waals surface area contributed by atoms with Crippen molar-refractivity contribution in [3.63, 3.8) is 0 Å². The number of rotatable bonds is 7. The van der Waals surface area contributed by atoms with Crippen molar-refractivity contribution in [2.75, 3.05) is 4.90 Å². The zero-order valence-corrected chi connectivity index (χ0v) is 13.3. The van der Waals surface area contributed by atoms with Crippen molar-refractivity contribution in [2.45, 2.75) is 18.9 Å². The minimum Gasteiger partial charge on any atom is -0.481 e. The highest BCUT2D eigenvalue weighted by Gasteiger charge is 2.25. The van der Waals surface area contributed by atoms with Crippen LogP contribution in [0.2, 0.25) is 0 Å². The number of hydrogen-bond donors (Lipinski definition) is 3. The minimum absolute atomic E-state index is 0.201. The summed E-state index contributed by atoms with van der Waals surface area (Å²) in [4.78, 5) is 36.0. The second-order valence-electron chi connectivity index (χ2n) is 5.28. The number of para-hydroxylation sites is 2. The van der Waals surface area contributed by atoms with Gasteiger partial charge in [-0.05, 0) is 30.7 Å². The fourth-order valence-corrected chi connectivity index (χ4v) is 2.28. The topological polar surface area (TPSA) is 107 Å². The third-order valence-electron chi connectivity index (χ3n) is 3.47. The van der Waals surface area contributed by atoms with Crippen LogP contribution in [0, 0.1) is 0 Å². The molecule has 2 amide bonds. The van der Waals surface area contributed by atoms with Gasteiger partial charge in [-0.1, -0.05) is 36.4 Å². The van der Waals surface area contributed by atoms with Crippen LogP contribution >= 0.6 is 0 Å². The van der Waals surface area contributed by atoms with Gasteiger partial charge in [-0.25, -0.2) is 9.59 Å². The predicted octanol–water partition coefficient (Wildman–Crippen LogP) is 2.85. The highest BCUT2D eigenvalue weighted by molar-refractivity contribution is 6.00. The molecule has 0 radical (unpaired) electrons. The molecule has 0 bridgehead atoms. The lowest BCUT2D eigenvalue weighted by molar-refractivity contribution is -0.140. The molecule has 1 atom stereocenters. The van der Waals surface area contributed by atoms with Crippen molar-refractivity contribution < 1.29 is 24.6 Å². The molecule has 2 aromatic rings. The summed E-state index contributed by atoms with van der Waals surface area (Å²) in [6.07, 6.45) is -0.554. The van der Waals surface area contributed by atoms with Gasteiger partial charge < -0.3 is 15.5 Å². The van der Waals surface area contributed by atoms with E-state index in [0.29, 0.717) is 11.4 Å². The van der Waals surface area contributed by atoms with E-state index in [1.165, 1.54) is 4.90 Å². The van der Waals surface area contributed by atoms with Crippen LogP contribution in [0.1, 0.15) is 12.8 Å². The van der Waals surface area contributed by atoms with E-state index in [1.807, 2.05) is 0 Å². The normalized spacial score (nSPS) is 11.4. The van der Waals surface area contributed by atoms with E-state index in [0.717, 1.165) is 0 Å². The third-order valence-corrected chi connectivity index (χ3v) is 3.47. The van der Waals surface area contributed by atoms with Crippen LogP contribution in [0.4, 0.5) is 16.2 Å². The molecule has 2 aromatic carbocycles. The van der Waals surface area contributed by atoms with Gasteiger partial charge >= 0.3 is 18.0 Å². The van der Waals surface area contributed by atoms with E-state index in [9.17, 15) is 19.5 Å². The number of nitrogens with zero attached hydrogens (tertiary/aromatic N) is 1. The molecule has 2 rings (SSSR count). The van der Waals surface area contributed by atoms with E-state index in [2.05, 4.69) is 5.32 Å². The Morgan fingerprint density at radius 3 is 1.76 bits per heavy atom. The molecule has 7 nitrogen and oxygen atoms in total. The molecular formula is C18H18N2O5. The van der Waals surface area contributed by atoms with Crippen molar-refractivity contribution in [1.82, 2.24) is 5.32 Å². The molecule has 0 aliphatic rings. The maximum Gasteiger partial charge on any atom is 0.327 e. The summed E-state index contributed by atoms with van der Waals surface area (Å²) >= 11 is 0. The molecule has 0 unspecified atom stereocenters. The number of carboxylic acids is 2. The van der Waals surface area contributed by atoms with Gasteiger partial charge in [-0.15, -0.1) is 0 Å². The molecule has 0 spiro atoms. The SMILES string of the molecule is O=C(O)CC[C@H](NC(=O)N(c1ccccc1)c1ccccc1)C(=O)O. The third kappa shape index (κ3) is 5.07. The molecule has 130 valence electrons. The maximum absolute atomic E-state index is 12.7. The largest absolute Gasteiger partial charge is 0.481 e. The van der Waals surface area contributed by atoms with Crippen molar-refractivity contribution in [3.8, 4) is 0 Å². The fourth-order valence-electron chi connectivity index (χ4n) is 2.28. The number of anilines is 2. The lowest BCUT2D eigenvalue weighted by Crippen LogP contribution is -2.46. The maximum atomic E-state index is 12.7. The molecule has 0 fully saturated rings. The number of hydrogen-bond acceptors (Lipinski definition) is 3. The second kappa shape index (κ2) is 8.49. The van der Waals surface area contributed by atoms with Crippen LogP contribution in [0.5, 0.6) is 0 Å². The number of urea groups is 1. The lowest BCUT2D eigenvalue weighted by Gasteiger charge is -2.25. The van der Waals surface area contributed by atoms with Crippen molar-refractivity contribution >= 4 is 29.3 Å².